The molecule has 0 aliphatic rings. The third-order valence-corrected chi connectivity index (χ3v) is 4.57. The number of rotatable bonds is 3. The van der Waals surface area contributed by atoms with Crippen LogP contribution in [-0.4, -0.2) is 41.1 Å². The fourth-order valence-corrected chi connectivity index (χ4v) is 3.24. The highest BCUT2D eigenvalue weighted by Crippen LogP contribution is 2.31. The molecule has 0 bridgehead atoms. The first kappa shape index (κ1) is 13.8. The summed E-state index contributed by atoms with van der Waals surface area (Å²) in [6.07, 6.45) is 0.789. The summed E-state index contributed by atoms with van der Waals surface area (Å²) in [5, 5.41) is 18.2. The molecule has 1 aromatic carbocycles. The first-order valence-electron chi connectivity index (χ1n) is 6.82. The lowest BCUT2D eigenvalue weighted by molar-refractivity contribution is 0.112. The zero-order chi connectivity index (χ0) is 16.0. The molecule has 3 aromatic heterocycles. The largest absolute Gasteiger partial charge is 0.298 e. The Morgan fingerprint density at radius 1 is 1.26 bits per heavy atom. The van der Waals surface area contributed by atoms with E-state index in [2.05, 4.69) is 25.6 Å². The van der Waals surface area contributed by atoms with Gasteiger partial charge in [0.25, 0.3) is 0 Å². The maximum absolute atomic E-state index is 11.4. The molecular weight excluding hydrogens is 314 g/mol. The van der Waals surface area contributed by atoms with E-state index >= 15 is 0 Å². The summed E-state index contributed by atoms with van der Waals surface area (Å²) >= 11 is 1.35. The lowest BCUT2D eigenvalue weighted by atomic mass is 10.2. The number of aromatic nitrogens is 7. The highest BCUT2D eigenvalue weighted by atomic mass is 32.2. The lowest BCUT2D eigenvalue weighted by Gasteiger charge is -2.06. The van der Waals surface area contributed by atoms with E-state index < -0.39 is 0 Å². The Hall–Kier alpha value is -2.81. The van der Waals surface area contributed by atoms with Gasteiger partial charge in [-0.3, -0.25) is 4.79 Å². The Kier molecular flexibility index (Phi) is 3.08. The third kappa shape index (κ3) is 2.08. The van der Waals surface area contributed by atoms with Crippen molar-refractivity contribution < 1.29 is 4.79 Å². The molecule has 0 fully saturated rings. The minimum absolute atomic E-state index is 0.494. The predicted molar refractivity (Wildman–Crippen MR) is 83.5 cm³/mol. The normalized spacial score (nSPS) is 11.4. The standard InChI is InChI=1S/C14H11N7OS/c1-8-10(7-22)12-15-13(23-14-16-18-19-20(14)2)9-5-3-4-6-11(9)21(12)17-8/h3-7H,1-2H3. The smallest absolute Gasteiger partial charge is 0.215 e. The first-order valence-corrected chi connectivity index (χ1v) is 7.64. The molecule has 0 aliphatic carbocycles. The zero-order valence-electron chi connectivity index (χ0n) is 12.3. The van der Waals surface area contributed by atoms with E-state index in [1.165, 1.54) is 11.8 Å². The van der Waals surface area contributed by atoms with E-state index in [0.717, 1.165) is 22.2 Å². The topological polar surface area (TPSA) is 90.9 Å². The minimum Gasteiger partial charge on any atom is -0.298 e. The number of aldehydes is 1. The Morgan fingerprint density at radius 3 is 2.83 bits per heavy atom. The van der Waals surface area contributed by atoms with Gasteiger partial charge in [-0.1, -0.05) is 18.2 Å². The number of hydrogen-bond donors (Lipinski definition) is 0. The van der Waals surface area contributed by atoms with Crippen LogP contribution in [0.4, 0.5) is 0 Å². The molecule has 0 radical (unpaired) electrons. The van der Waals surface area contributed by atoms with Gasteiger partial charge in [-0.05, 0) is 35.2 Å². The van der Waals surface area contributed by atoms with Crippen molar-refractivity contribution in [2.24, 2.45) is 7.05 Å². The summed E-state index contributed by atoms with van der Waals surface area (Å²) in [6, 6.07) is 7.78. The van der Waals surface area contributed by atoms with Gasteiger partial charge in [-0.2, -0.15) is 5.10 Å². The van der Waals surface area contributed by atoms with E-state index in [0.29, 0.717) is 22.1 Å². The second-order valence-electron chi connectivity index (χ2n) is 4.97. The lowest BCUT2D eigenvalue weighted by Crippen LogP contribution is -1.98. The second-order valence-corrected chi connectivity index (χ2v) is 5.93. The van der Waals surface area contributed by atoms with Gasteiger partial charge in [-0.25, -0.2) is 14.2 Å². The van der Waals surface area contributed by atoms with Crippen molar-refractivity contribution in [3.8, 4) is 0 Å². The summed E-state index contributed by atoms with van der Waals surface area (Å²) in [7, 11) is 1.77. The monoisotopic (exact) mass is 325 g/mol. The molecule has 9 heteroatoms. The number of tetrazole rings is 1. The number of carbonyl (C=O) groups excluding carboxylic acids is 1. The van der Waals surface area contributed by atoms with E-state index in [9.17, 15) is 4.79 Å². The number of carbonyl (C=O) groups is 1. The Morgan fingerprint density at radius 2 is 2.09 bits per heavy atom. The average Bonchev–Trinajstić information content (AvgIpc) is 3.10. The molecule has 23 heavy (non-hydrogen) atoms. The molecule has 114 valence electrons. The van der Waals surface area contributed by atoms with Crippen molar-refractivity contribution >= 4 is 34.6 Å². The summed E-state index contributed by atoms with van der Waals surface area (Å²) < 4.78 is 3.28. The molecule has 0 saturated carbocycles. The van der Waals surface area contributed by atoms with Gasteiger partial charge in [0, 0.05) is 12.4 Å². The van der Waals surface area contributed by atoms with Crippen LogP contribution in [0, 0.1) is 6.92 Å². The van der Waals surface area contributed by atoms with Gasteiger partial charge in [0.2, 0.25) is 5.16 Å². The number of nitrogens with zero attached hydrogens (tertiary/aromatic N) is 7. The highest BCUT2D eigenvalue weighted by molar-refractivity contribution is 7.99. The van der Waals surface area contributed by atoms with E-state index in [1.54, 1.807) is 23.2 Å². The summed E-state index contributed by atoms with van der Waals surface area (Å²) in [5.74, 6) is 0. The van der Waals surface area contributed by atoms with E-state index in [4.69, 9.17) is 0 Å². The van der Waals surface area contributed by atoms with Crippen LogP contribution in [0.1, 0.15) is 16.1 Å². The van der Waals surface area contributed by atoms with Gasteiger partial charge in [0.15, 0.2) is 11.9 Å². The fraction of sp³-hybridized carbons (Fsp3) is 0.143. The molecule has 0 N–H and O–H groups in total. The van der Waals surface area contributed by atoms with Crippen LogP contribution in [0.2, 0.25) is 0 Å². The highest BCUT2D eigenvalue weighted by Gasteiger charge is 2.17. The maximum atomic E-state index is 11.4. The van der Waals surface area contributed by atoms with Crippen molar-refractivity contribution in [2.75, 3.05) is 0 Å². The summed E-state index contributed by atoms with van der Waals surface area (Å²) in [4.78, 5) is 16.0. The number of fused-ring (bicyclic) bond motifs is 3. The zero-order valence-corrected chi connectivity index (χ0v) is 13.2. The summed E-state index contributed by atoms with van der Waals surface area (Å²) in [5.41, 5.74) is 2.56. The predicted octanol–water partition coefficient (Wildman–Crippen LogP) is 1.68. The molecule has 4 rings (SSSR count). The van der Waals surface area contributed by atoms with Crippen LogP contribution in [0.25, 0.3) is 16.6 Å². The Bertz CT molecular complexity index is 1050. The molecule has 8 nitrogen and oxygen atoms in total. The molecule has 0 saturated heterocycles. The van der Waals surface area contributed by atoms with Crippen LogP contribution < -0.4 is 0 Å². The maximum Gasteiger partial charge on any atom is 0.215 e. The van der Waals surface area contributed by atoms with Crippen molar-refractivity contribution in [2.45, 2.75) is 17.1 Å². The van der Waals surface area contributed by atoms with Gasteiger partial charge < -0.3 is 0 Å². The van der Waals surface area contributed by atoms with E-state index in [1.807, 2.05) is 24.3 Å². The Labute approximate surface area is 134 Å². The number of hydrogen-bond acceptors (Lipinski definition) is 7. The van der Waals surface area contributed by atoms with Crippen LogP contribution >= 0.6 is 11.8 Å². The second kappa shape index (κ2) is 5.13. The molecular formula is C14H11N7OS. The minimum atomic E-state index is 0.494. The van der Waals surface area contributed by atoms with E-state index in [-0.39, 0.29) is 0 Å². The van der Waals surface area contributed by atoms with Crippen molar-refractivity contribution in [3.63, 3.8) is 0 Å². The van der Waals surface area contributed by atoms with Crippen LogP contribution in [0.3, 0.4) is 0 Å². The molecule has 3 heterocycles. The number of para-hydroxylation sites is 1. The molecule has 0 unspecified atom stereocenters. The van der Waals surface area contributed by atoms with Gasteiger partial charge in [-0.15, -0.1) is 5.10 Å². The van der Waals surface area contributed by atoms with Crippen LogP contribution in [-0.2, 0) is 7.05 Å². The van der Waals surface area contributed by atoms with Gasteiger partial charge in [0.1, 0.15) is 5.03 Å². The third-order valence-electron chi connectivity index (χ3n) is 3.54. The number of benzene rings is 1. The average molecular weight is 325 g/mol. The SMILES string of the molecule is Cc1nn2c(nc(Sc3nnnn3C)c3ccccc32)c1C=O. The molecule has 0 spiro atoms. The van der Waals surface area contributed by atoms with Crippen LogP contribution in [0.15, 0.2) is 34.4 Å². The van der Waals surface area contributed by atoms with Crippen molar-refractivity contribution in [3.05, 3.63) is 35.5 Å². The van der Waals surface area contributed by atoms with Gasteiger partial charge in [0.05, 0.1) is 16.8 Å². The van der Waals surface area contributed by atoms with Crippen LogP contribution in [0.5, 0.6) is 0 Å². The van der Waals surface area contributed by atoms with Crippen molar-refractivity contribution in [1.29, 1.82) is 0 Å². The molecule has 0 amide bonds. The molecule has 4 aromatic rings. The van der Waals surface area contributed by atoms with Gasteiger partial charge >= 0.3 is 0 Å². The first-order chi connectivity index (χ1) is 11.2. The fourth-order valence-electron chi connectivity index (χ4n) is 2.41. The quantitative estimate of drug-likeness (QED) is 0.418. The van der Waals surface area contributed by atoms with Crippen molar-refractivity contribution in [1.82, 2.24) is 34.8 Å². The summed E-state index contributed by atoms with van der Waals surface area (Å²) in [6.45, 7) is 1.80. The molecule has 0 atom stereocenters. The number of aryl methyl sites for hydroxylation is 2. The molecule has 0 aliphatic heterocycles. The Balaban J connectivity index is 2.05.